The molecule has 0 aliphatic rings. The van der Waals surface area contributed by atoms with Crippen LogP contribution in [0.25, 0.3) is 55.7 Å². The van der Waals surface area contributed by atoms with Crippen LogP contribution in [-0.2, 0) is 12.4 Å². The number of furan rings is 2. The Kier molecular flexibility index (Phi) is 5.38. The van der Waals surface area contributed by atoms with Crippen molar-refractivity contribution < 1.29 is 35.2 Å². The van der Waals surface area contributed by atoms with E-state index in [1.165, 1.54) is 0 Å². The van der Waals surface area contributed by atoms with Crippen LogP contribution < -0.4 is 0 Å². The Morgan fingerprint density at radius 3 is 1.16 bits per heavy atom. The lowest BCUT2D eigenvalue weighted by atomic mass is 10.0. The molecule has 6 rings (SSSR count). The number of fused-ring (bicyclic) bond motifs is 2. The molecule has 0 spiro atoms. The van der Waals surface area contributed by atoms with E-state index in [2.05, 4.69) is 0 Å². The van der Waals surface area contributed by atoms with Crippen molar-refractivity contribution in [3.63, 3.8) is 0 Å². The predicted molar refractivity (Wildman–Crippen MR) is 132 cm³/mol. The first-order chi connectivity index (χ1) is 18.1. The highest BCUT2D eigenvalue weighted by molar-refractivity contribution is 5.88. The summed E-state index contributed by atoms with van der Waals surface area (Å²) < 4.78 is 95.4. The first-order valence-electron chi connectivity index (χ1n) is 11.5. The number of halogens is 6. The number of alkyl halides is 6. The van der Waals surface area contributed by atoms with Crippen LogP contribution in [0.3, 0.4) is 0 Å². The largest absolute Gasteiger partial charge is 0.452 e. The minimum atomic E-state index is -4.99. The van der Waals surface area contributed by atoms with Crippen LogP contribution in [0.1, 0.15) is 11.1 Å². The van der Waals surface area contributed by atoms with E-state index in [1.807, 2.05) is 24.3 Å². The molecule has 0 aliphatic heterocycles. The maximum Gasteiger partial charge on any atom is 0.420 e. The van der Waals surface area contributed by atoms with Gasteiger partial charge in [-0.25, -0.2) is 0 Å². The van der Waals surface area contributed by atoms with E-state index in [4.69, 9.17) is 8.83 Å². The maximum atomic E-state index is 14.1. The highest BCUT2D eigenvalue weighted by atomic mass is 19.4. The third-order valence-electron chi connectivity index (χ3n) is 6.35. The van der Waals surface area contributed by atoms with E-state index in [1.54, 1.807) is 60.7 Å². The van der Waals surface area contributed by atoms with Crippen LogP contribution in [-0.4, -0.2) is 0 Å². The summed E-state index contributed by atoms with van der Waals surface area (Å²) in [6, 6.07) is 25.5. The molecule has 0 radical (unpaired) electrons. The van der Waals surface area contributed by atoms with E-state index >= 15 is 0 Å². The van der Waals surface area contributed by atoms with E-state index in [9.17, 15) is 26.3 Å². The fraction of sp³-hybridized carbons (Fsp3) is 0.0667. The molecule has 6 aromatic rings. The second-order valence-corrected chi connectivity index (χ2v) is 8.83. The van der Waals surface area contributed by atoms with Gasteiger partial charge in [0.25, 0.3) is 0 Å². The average molecular weight is 522 g/mol. The third kappa shape index (κ3) is 4.22. The van der Waals surface area contributed by atoms with Gasteiger partial charge in [0.2, 0.25) is 0 Å². The first kappa shape index (κ1) is 23.9. The van der Waals surface area contributed by atoms with Crippen LogP contribution >= 0.6 is 0 Å². The number of benzene rings is 4. The van der Waals surface area contributed by atoms with Gasteiger partial charge < -0.3 is 8.83 Å². The summed E-state index contributed by atoms with van der Waals surface area (Å²) in [5.41, 5.74) is -2.14. The van der Waals surface area contributed by atoms with E-state index in [-0.39, 0.29) is 22.6 Å². The first-order valence-corrected chi connectivity index (χ1v) is 11.5. The SMILES string of the molecule is FC(F)(F)c1cc(-c2ccc3ccccc3c2)oc1-c1oc(-c2ccc3ccccc3c2)cc1C(F)(F)F. The molecule has 0 fully saturated rings. The van der Waals surface area contributed by atoms with Gasteiger partial charge in [0.15, 0.2) is 11.5 Å². The molecule has 2 aromatic heterocycles. The van der Waals surface area contributed by atoms with Gasteiger partial charge in [-0.15, -0.1) is 0 Å². The van der Waals surface area contributed by atoms with Gasteiger partial charge in [0.05, 0.1) is 0 Å². The van der Waals surface area contributed by atoms with Crippen molar-refractivity contribution in [3.05, 3.63) is 108 Å². The maximum absolute atomic E-state index is 14.1. The van der Waals surface area contributed by atoms with E-state index in [0.29, 0.717) is 12.1 Å². The molecule has 0 amide bonds. The van der Waals surface area contributed by atoms with Gasteiger partial charge in [0.1, 0.15) is 22.6 Å². The Morgan fingerprint density at radius 2 is 0.789 bits per heavy atom. The van der Waals surface area contributed by atoms with Gasteiger partial charge >= 0.3 is 12.4 Å². The smallest absolute Gasteiger partial charge is 0.420 e. The van der Waals surface area contributed by atoms with Gasteiger partial charge in [-0.05, 0) is 45.8 Å². The molecule has 190 valence electrons. The predicted octanol–water partition coefficient (Wildman–Crippen LogP) is 10.2. The molecule has 0 saturated heterocycles. The number of rotatable bonds is 3. The van der Waals surface area contributed by atoms with E-state index in [0.717, 1.165) is 21.5 Å². The molecule has 0 saturated carbocycles. The highest BCUT2D eigenvalue weighted by Gasteiger charge is 2.44. The molecule has 38 heavy (non-hydrogen) atoms. The fourth-order valence-corrected chi connectivity index (χ4v) is 4.51. The van der Waals surface area contributed by atoms with Crippen molar-refractivity contribution in [2.75, 3.05) is 0 Å². The highest BCUT2D eigenvalue weighted by Crippen LogP contribution is 2.48. The summed E-state index contributed by atoms with van der Waals surface area (Å²) in [7, 11) is 0. The molecule has 0 N–H and O–H groups in total. The van der Waals surface area contributed by atoms with Gasteiger partial charge in [-0.3, -0.25) is 0 Å². The number of hydrogen-bond donors (Lipinski definition) is 0. The van der Waals surface area contributed by atoms with Crippen LogP contribution in [0.15, 0.2) is 106 Å². The zero-order valence-electron chi connectivity index (χ0n) is 19.3. The molecule has 4 aromatic carbocycles. The van der Waals surface area contributed by atoms with Crippen molar-refractivity contribution in [1.29, 1.82) is 0 Å². The molecule has 2 nitrogen and oxygen atoms in total. The lowest BCUT2D eigenvalue weighted by Crippen LogP contribution is -2.08. The lowest BCUT2D eigenvalue weighted by Gasteiger charge is -2.08. The normalized spacial score (nSPS) is 12.5. The molecule has 2 heterocycles. The average Bonchev–Trinajstić information content (AvgIpc) is 3.53. The van der Waals surface area contributed by atoms with E-state index < -0.39 is 35.0 Å². The van der Waals surface area contributed by atoms with Crippen molar-refractivity contribution >= 4 is 21.5 Å². The summed E-state index contributed by atoms with van der Waals surface area (Å²) in [4.78, 5) is 0. The quantitative estimate of drug-likeness (QED) is 0.216. The Hall–Kier alpha value is -4.46. The molecular weight excluding hydrogens is 506 g/mol. The zero-order valence-corrected chi connectivity index (χ0v) is 19.3. The fourth-order valence-electron chi connectivity index (χ4n) is 4.51. The molecule has 0 aliphatic carbocycles. The van der Waals surface area contributed by atoms with Crippen LogP contribution in [0.4, 0.5) is 26.3 Å². The zero-order chi connectivity index (χ0) is 26.7. The van der Waals surface area contributed by atoms with Crippen molar-refractivity contribution in [2.24, 2.45) is 0 Å². The van der Waals surface area contributed by atoms with Crippen molar-refractivity contribution in [3.8, 4) is 34.2 Å². The molecule has 8 heteroatoms. The second kappa shape index (κ2) is 8.55. The topological polar surface area (TPSA) is 26.3 Å². The molecule has 0 bridgehead atoms. The standard InChI is InChI=1S/C30H16F6O2/c31-29(32,33)23-15-25(21-11-9-17-5-1-3-7-19(17)13-21)37-27(23)28-24(30(34,35)36)16-26(38-28)22-12-10-18-6-2-4-8-20(18)14-22/h1-16H. The minimum absolute atomic E-state index is 0.227. The minimum Gasteiger partial charge on any atom is -0.452 e. The summed E-state index contributed by atoms with van der Waals surface area (Å²) in [5.74, 6) is -2.51. The third-order valence-corrected chi connectivity index (χ3v) is 6.35. The van der Waals surface area contributed by atoms with Gasteiger partial charge in [-0.1, -0.05) is 72.8 Å². The Morgan fingerprint density at radius 1 is 0.421 bits per heavy atom. The number of hydrogen-bond acceptors (Lipinski definition) is 2. The Labute approximate surface area is 211 Å². The molecule has 0 atom stereocenters. The van der Waals surface area contributed by atoms with Crippen molar-refractivity contribution in [2.45, 2.75) is 12.4 Å². The molecular formula is C30H16F6O2. The van der Waals surface area contributed by atoms with Crippen molar-refractivity contribution in [1.82, 2.24) is 0 Å². The summed E-state index contributed by atoms with van der Waals surface area (Å²) in [6.45, 7) is 0. The van der Waals surface area contributed by atoms with Crippen LogP contribution in [0.5, 0.6) is 0 Å². The Balaban J connectivity index is 1.54. The Bertz CT molecular complexity index is 1670. The summed E-state index contributed by atoms with van der Waals surface area (Å²) >= 11 is 0. The summed E-state index contributed by atoms with van der Waals surface area (Å²) in [6.07, 6.45) is -9.99. The molecule has 0 unspecified atom stereocenters. The van der Waals surface area contributed by atoms with Gasteiger partial charge in [-0.2, -0.15) is 26.3 Å². The monoisotopic (exact) mass is 522 g/mol. The van der Waals surface area contributed by atoms with Crippen LogP contribution in [0, 0.1) is 0 Å². The van der Waals surface area contributed by atoms with Crippen LogP contribution in [0.2, 0.25) is 0 Å². The lowest BCUT2D eigenvalue weighted by molar-refractivity contribution is -0.140. The summed E-state index contributed by atoms with van der Waals surface area (Å²) in [5, 5.41) is 3.18. The van der Waals surface area contributed by atoms with Gasteiger partial charge in [0, 0.05) is 11.1 Å². The second-order valence-electron chi connectivity index (χ2n) is 8.83.